The molecule has 1 aliphatic rings. The van der Waals surface area contributed by atoms with Gasteiger partial charge >= 0.3 is 17.9 Å². The minimum absolute atomic E-state index is 0.0887. The lowest BCUT2D eigenvalue weighted by molar-refractivity contribution is -0.144. The number of nitrogens with zero attached hydrogens (tertiary/aromatic N) is 2. The molecule has 0 saturated carbocycles. The van der Waals surface area contributed by atoms with Gasteiger partial charge in [-0.05, 0) is 38.5 Å². The molecule has 3 amide bonds. The van der Waals surface area contributed by atoms with Gasteiger partial charge in [0.05, 0.1) is 6.04 Å². The Morgan fingerprint density at radius 1 is 0.919 bits per heavy atom. The van der Waals surface area contributed by atoms with Crippen LogP contribution in [0.1, 0.15) is 51.4 Å². The fourth-order valence-corrected chi connectivity index (χ4v) is 3.76. The number of carboxylic acids is 3. The Kier molecular flexibility index (Phi) is 12.8. The van der Waals surface area contributed by atoms with Crippen molar-refractivity contribution in [3.05, 3.63) is 0 Å². The molecule has 16 nitrogen and oxygen atoms in total. The van der Waals surface area contributed by atoms with Crippen LogP contribution in [-0.2, 0) is 28.8 Å². The van der Waals surface area contributed by atoms with Crippen LogP contribution in [0.25, 0.3) is 0 Å². The second-order valence-electron chi connectivity index (χ2n) is 8.57. The van der Waals surface area contributed by atoms with Gasteiger partial charge in [-0.3, -0.25) is 29.0 Å². The van der Waals surface area contributed by atoms with E-state index in [0.29, 0.717) is 12.8 Å². The van der Waals surface area contributed by atoms with Crippen molar-refractivity contribution < 1.29 is 44.1 Å². The van der Waals surface area contributed by atoms with Crippen LogP contribution in [0.4, 0.5) is 0 Å². The Bertz CT molecular complexity index is 892. The number of aliphatic imine (C=N–C) groups is 1. The summed E-state index contributed by atoms with van der Waals surface area (Å²) < 4.78 is 0. The predicted molar refractivity (Wildman–Crippen MR) is 128 cm³/mol. The number of guanidine groups is 1. The number of likely N-dealkylation sites (tertiary alicyclic amines) is 1. The second kappa shape index (κ2) is 15.2. The van der Waals surface area contributed by atoms with E-state index in [1.807, 2.05) is 0 Å². The molecule has 1 rings (SSSR count). The van der Waals surface area contributed by atoms with E-state index in [-0.39, 0.29) is 38.3 Å². The van der Waals surface area contributed by atoms with Gasteiger partial charge in [-0.1, -0.05) is 0 Å². The van der Waals surface area contributed by atoms with Crippen LogP contribution in [-0.4, -0.2) is 99.1 Å². The maximum atomic E-state index is 13.0. The van der Waals surface area contributed by atoms with Crippen molar-refractivity contribution in [1.29, 1.82) is 0 Å². The number of nitrogens with two attached hydrogens (primary N) is 3. The molecule has 0 aromatic heterocycles. The molecule has 16 heteroatoms. The maximum absolute atomic E-state index is 13.0. The molecule has 37 heavy (non-hydrogen) atoms. The molecule has 1 fully saturated rings. The lowest BCUT2D eigenvalue weighted by Gasteiger charge is -2.28. The van der Waals surface area contributed by atoms with Gasteiger partial charge < -0.3 is 48.1 Å². The summed E-state index contributed by atoms with van der Waals surface area (Å²) >= 11 is 0. The zero-order valence-electron chi connectivity index (χ0n) is 20.3. The van der Waals surface area contributed by atoms with Crippen LogP contribution in [0.15, 0.2) is 4.99 Å². The fraction of sp³-hybridized carbons (Fsp3) is 0.667. The molecule has 0 radical (unpaired) electrons. The smallest absolute Gasteiger partial charge is 0.326 e. The van der Waals surface area contributed by atoms with Gasteiger partial charge in [-0.15, -0.1) is 0 Å². The number of carbonyl (C=O) groups excluding carboxylic acids is 3. The molecule has 4 unspecified atom stereocenters. The van der Waals surface area contributed by atoms with E-state index >= 15 is 0 Å². The van der Waals surface area contributed by atoms with Crippen LogP contribution < -0.4 is 27.8 Å². The molecular formula is C21H35N7O9. The van der Waals surface area contributed by atoms with Gasteiger partial charge in [0.15, 0.2) is 5.96 Å². The number of carboxylic acid groups (broad SMARTS) is 3. The van der Waals surface area contributed by atoms with Gasteiger partial charge in [-0.25, -0.2) is 4.79 Å². The van der Waals surface area contributed by atoms with E-state index in [9.17, 15) is 33.9 Å². The summed E-state index contributed by atoms with van der Waals surface area (Å²) in [6.07, 6.45) is -0.357. The molecule has 0 aliphatic carbocycles. The molecule has 0 bridgehead atoms. The number of amides is 3. The van der Waals surface area contributed by atoms with Crippen LogP contribution >= 0.6 is 0 Å². The molecule has 1 saturated heterocycles. The topological polar surface area (TPSA) is 281 Å². The van der Waals surface area contributed by atoms with E-state index in [1.54, 1.807) is 0 Å². The first kappa shape index (κ1) is 31.1. The summed E-state index contributed by atoms with van der Waals surface area (Å²) in [5, 5.41) is 31.6. The highest BCUT2D eigenvalue weighted by molar-refractivity contribution is 5.94. The molecule has 11 N–H and O–H groups in total. The van der Waals surface area contributed by atoms with E-state index in [2.05, 4.69) is 15.6 Å². The molecule has 0 spiro atoms. The summed E-state index contributed by atoms with van der Waals surface area (Å²) in [6.45, 7) is 0.526. The van der Waals surface area contributed by atoms with Crippen molar-refractivity contribution >= 4 is 41.6 Å². The quantitative estimate of drug-likeness (QED) is 0.0569. The zero-order valence-corrected chi connectivity index (χ0v) is 20.3. The third-order valence-electron chi connectivity index (χ3n) is 5.66. The molecule has 4 atom stereocenters. The largest absolute Gasteiger partial charge is 0.481 e. The van der Waals surface area contributed by atoms with Crippen molar-refractivity contribution in [1.82, 2.24) is 15.5 Å². The number of aliphatic carboxylic acids is 3. The van der Waals surface area contributed by atoms with Crippen molar-refractivity contribution in [3.63, 3.8) is 0 Å². The molecule has 1 aliphatic heterocycles. The van der Waals surface area contributed by atoms with Gasteiger partial charge in [-0.2, -0.15) is 0 Å². The number of carbonyl (C=O) groups is 6. The van der Waals surface area contributed by atoms with Crippen LogP contribution in [0, 0.1) is 0 Å². The Morgan fingerprint density at radius 3 is 2.05 bits per heavy atom. The summed E-state index contributed by atoms with van der Waals surface area (Å²) in [4.78, 5) is 76.9. The van der Waals surface area contributed by atoms with Crippen LogP contribution in [0.2, 0.25) is 0 Å². The van der Waals surface area contributed by atoms with Crippen molar-refractivity contribution in [3.8, 4) is 0 Å². The van der Waals surface area contributed by atoms with Gasteiger partial charge in [0.1, 0.15) is 18.1 Å². The molecule has 208 valence electrons. The second-order valence-corrected chi connectivity index (χ2v) is 8.57. The molecule has 1 heterocycles. The van der Waals surface area contributed by atoms with E-state index in [0.717, 1.165) is 0 Å². The van der Waals surface area contributed by atoms with Crippen molar-refractivity contribution in [2.24, 2.45) is 22.2 Å². The lowest BCUT2D eigenvalue weighted by Crippen LogP contribution is -2.56. The third kappa shape index (κ3) is 11.1. The summed E-state index contributed by atoms with van der Waals surface area (Å²) in [5.74, 6) is -6.28. The Balaban J connectivity index is 2.88. The number of rotatable bonds is 16. The maximum Gasteiger partial charge on any atom is 0.326 e. The first-order valence-corrected chi connectivity index (χ1v) is 11.7. The number of nitrogens with one attached hydrogen (secondary N) is 2. The Hall–Kier alpha value is -3.95. The average molecular weight is 530 g/mol. The predicted octanol–water partition coefficient (Wildman–Crippen LogP) is -2.86. The van der Waals surface area contributed by atoms with E-state index in [4.69, 9.17) is 27.4 Å². The zero-order chi connectivity index (χ0) is 28.1. The van der Waals surface area contributed by atoms with E-state index < -0.39 is 79.1 Å². The highest BCUT2D eigenvalue weighted by atomic mass is 16.4. The summed E-state index contributed by atoms with van der Waals surface area (Å²) in [7, 11) is 0. The average Bonchev–Trinajstić information content (AvgIpc) is 3.30. The highest BCUT2D eigenvalue weighted by Crippen LogP contribution is 2.20. The normalized spacial score (nSPS) is 17.2. The standard InChI is InChI=1S/C21H35N7O9/c22-11(3-1-9-25-21(23)24)19(35)28-10-2-4-14(28)18(34)26-12(5-7-15(29)30)17(33)27-13(20(36)37)6-8-16(31)32/h11-14H,1-10,22H2,(H,26,34)(H,27,33)(H,29,30)(H,31,32)(H,36,37)(H4,23,24,25). The fourth-order valence-electron chi connectivity index (χ4n) is 3.76. The SMILES string of the molecule is NC(N)=NCCCC(N)C(=O)N1CCCC1C(=O)NC(CCC(=O)O)C(=O)NC(CCC(=O)O)C(=O)O. The van der Waals surface area contributed by atoms with Crippen molar-refractivity contribution in [2.45, 2.75) is 75.5 Å². The van der Waals surface area contributed by atoms with Gasteiger partial charge in [0, 0.05) is 25.9 Å². The van der Waals surface area contributed by atoms with Crippen LogP contribution in [0.3, 0.4) is 0 Å². The minimum Gasteiger partial charge on any atom is -0.481 e. The number of hydrogen-bond donors (Lipinski definition) is 8. The number of hydrogen-bond acceptors (Lipinski definition) is 8. The lowest BCUT2D eigenvalue weighted by atomic mass is 10.1. The summed E-state index contributed by atoms with van der Waals surface area (Å²) in [6, 6.07) is -4.87. The highest BCUT2D eigenvalue weighted by Gasteiger charge is 2.38. The van der Waals surface area contributed by atoms with Gasteiger partial charge in [0.25, 0.3) is 0 Å². The van der Waals surface area contributed by atoms with Crippen LogP contribution in [0.5, 0.6) is 0 Å². The first-order chi connectivity index (χ1) is 17.3. The molecular weight excluding hydrogens is 494 g/mol. The molecule has 0 aromatic carbocycles. The summed E-state index contributed by atoms with van der Waals surface area (Å²) in [5.41, 5.74) is 16.5. The van der Waals surface area contributed by atoms with Crippen molar-refractivity contribution in [2.75, 3.05) is 13.1 Å². The van der Waals surface area contributed by atoms with Gasteiger partial charge in [0.2, 0.25) is 17.7 Å². The minimum atomic E-state index is -1.56. The Labute approximate surface area is 212 Å². The first-order valence-electron chi connectivity index (χ1n) is 11.7. The Morgan fingerprint density at radius 2 is 1.51 bits per heavy atom. The van der Waals surface area contributed by atoms with E-state index in [1.165, 1.54) is 4.90 Å². The molecule has 0 aromatic rings. The monoisotopic (exact) mass is 529 g/mol. The third-order valence-corrected chi connectivity index (χ3v) is 5.66.